The van der Waals surface area contributed by atoms with Crippen molar-refractivity contribution in [2.24, 2.45) is 0 Å². The van der Waals surface area contributed by atoms with Gasteiger partial charge in [-0.3, -0.25) is 4.90 Å². The van der Waals surface area contributed by atoms with E-state index >= 15 is 0 Å². The van der Waals surface area contributed by atoms with Crippen molar-refractivity contribution in [3.8, 4) is 6.07 Å². The Labute approximate surface area is 116 Å². The lowest BCUT2D eigenvalue weighted by molar-refractivity contribution is 0.0631. The molecule has 1 aromatic rings. The van der Waals surface area contributed by atoms with Crippen molar-refractivity contribution in [1.82, 2.24) is 9.80 Å². The molecule has 2 atom stereocenters. The highest BCUT2D eigenvalue weighted by molar-refractivity contribution is 5.20. The van der Waals surface area contributed by atoms with Gasteiger partial charge < -0.3 is 4.90 Å². The van der Waals surface area contributed by atoms with Gasteiger partial charge in [0.15, 0.2) is 0 Å². The third-order valence-electron chi connectivity index (χ3n) is 4.19. The molecule has 1 aliphatic rings. The van der Waals surface area contributed by atoms with Gasteiger partial charge in [0.25, 0.3) is 0 Å². The summed E-state index contributed by atoms with van der Waals surface area (Å²) in [7, 11) is 2.20. The minimum absolute atomic E-state index is 0.244. The summed E-state index contributed by atoms with van der Waals surface area (Å²) in [6.07, 6.45) is 1.74. The molecule has 1 aliphatic heterocycles. The Hall–Kier alpha value is -1.37. The molecule has 1 saturated heterocycles. The average Bonchev–Trinajstić information content (AvgIpc) is 2.46. The van der Waals surface area contributed by atoms with Gasteiger partial charge in [0.05, 0.1) is 12.5 Å². The number of rotatable bonds is 4. The van der Waals surface area contributed by atoms with E-state index in [2.05, 4.69) is 54.1 Å². The molecular formula is C16H23N3. The Morgan fingerprint density at radius 2 is 2.05 bits per heavy atom. The molecule has 0 amide bonds. The van der Waals surface area contributed by atoms with Crippen molar-refractivity contribution in [3.63, 3.8) is 0 Å². The Kier molecular flexibility index (Phi) is 4.95. The monoisotopic (exact) mass is 257 g/mol. The second-order valence-corrected chi connectivity index (χ2v) is 5.33. The van der Waals surface area contributed by atoms with E-state index in [0.29, 0.717) is 12.5 Å². The quantitative estimate of drug-likeness (QED) is 0.830. The second kappa shape index (κ2) is 6.70. The molecule has 1 fully saturated rings. The molecule has 0 saturated carbocycles. The predicted octanol–water partition coefficient (Wildman–Crippen LogP) is 2.67. The van der Waals surface area contributed by atoms with Gasteiger partial charge in [-0.25, -0.2) is 0 Å². The molecule has 0 spiro atoms. The second-order valence-electron chi connectivity index (χ2n) is 5.33. The third-order valence-corrected chi connectivity index (χ3v) is 4.19. The normalized spacial score (nSPS) is 22.9. The maximum Gasteiger partial charge on any atom is 0.0641 e. The first-order valence-corrected chi connectivity index (χ1v) is 7.12. The van der Waals surface area contributed by atoms with E-state index in [9.17, 15) is 0 Å². The van der Waals surface area contributed by atoms with E-state index < -0.39 is 0 Å². The van der Waals surface area contributed by atoms with E-state index in [0.717, 1.165) is 19.6 Å². The van der Waals surface area contributed by atoms with Gasteiger partial charge in [-0.1, -0.05) is 37.3 Å². The molecule has 1 aromatic carbocycles. The highest BCUT2D eigenvalue weighted by atomic mass is 15.3. The van der Waals surface area contributed by atoms with Crippen molar-refractivity contribution in [2.45, 2.75) is 31.8 Å². The van der Waals surface area contributed by atoms with E-state index in [1.165, 1.54) is 12.0 Å². The Morgan fingerprint density at radius 3 is 2.68 bits per heavy atom. The fourth-order valence-corrected chi connectivity index (χ4v) is 2.91. The Balaban J connectivity index is 2.14. The van der Waals surface area contributed by atoms with Crippen molar-refractivity contribution in [1.29, 1.82) is 5.26 Å². The summed E-state index contributed by atoms with van der Waals surface area (Å²) in [5.74, 6) is 0. The zero-order valence-electron chi connectivity index (χ0n) is 11.9. The number of benzene rings is 1. The topological polar surface area (TPSA) is 30.3 Å². The number of nitriles is 1. The van der Waals surface area contributed by atoms with Crippen molar-refractivity contribution in [3.05, 3.63) is 35.9 Å². The van der Waals surface area contributed by atoms with Crippen LogP contribution in [-0.4, -0.2) is 42.5 Å². The van der Waals surface area contributed by atoms with E-state index in [-0.39, 0.29) is 6.04 Å². The summed E-state index contributed by atoms with van der Waals surface area (Å²) in [6.45, 7) is 5.45. The Morgan fingerprint density at radius 1 is 1.32 bits per heavy atom. The smallest absolute Gasteiger partial charge is 0.0641 e. The molecule has 2 unspecified atom stereocenters. The molecule has 2 rings (SSSR count). The van der Waals surface area contributed by atoms with Gasteiger partial charge >= 0.3 is 0 Å². The van der Waals surface area contributed by atoms with E-state index in [1.54, 1.807) is 0 Å². The van der Waals surface area contributed by atoms with E-state index in [1.807, 2.05) is 6.07 Å². The minimum Gasteiger partial charge on any atom is -0.301 e. The van der Waals surface area contributed by atoms with Crippen LogP contribution in [0.3, 0.4) is 0 Å². The number of piperazine rings is 1. The van der Waals surface area contributed by atoms with Gasteiger partial charge in [-0.05, 0) is 19.0 Å². The molecule has 0 aromatic heterocycles. The maximum absolute atomic E-state index is 9.12. The predicted molar refractivity (Wildman–Crippen MR) is 77.7 cm³/mol. The zero-order valence-corrected chi connectivity index (χ0v) is 11.9. The maximum atomic E-state index is 9.12. The molecule has 102 valence electrons. The lowest BCUT2D eigenvalue weighted by Gasteiger charge is -2.42. The highest BCUT2D eigenvalue weighted by Gasteiger charge is 2.28. The van der Waals surface area contributed by atoms with Gasteiger partial charge in [0.1, 0.15) is 0 Å². The van der Waals surface area contributed by atoms with Gasteiger partial charge in [0, 0.05) is 31.7 Å². The lowest BCUT2D eigenvalue weighted by Crippen LogP contribution is -2.52. The van der Waals surface area contributed by atoms with E-state index in [4.69, 9.17) is 5.26 Å². The number of likely N-dealkylation sites (N-methyl/N-ethyl adjacent to an activating group) is 1. The molecule has 3 nitrogen and oxygen atoms in total. The first-order chi connectivity index (χ1) is 9.26. The molecule has 19 heavy (non-hydrogen) atoms. The molecule has 0 aliphatic carbocycles. The SMILES string of the molecule is CCC1CN(C(CC#N)c2ccccc2)CCN1C. The van der Waals surface area contributed by atoms with Crippen LogP contribution in [0.4, 0.5) is 0 Å². The number of hydrogen-bond acceptors (Lipinski definition) is 3. The van der Waals surface area contributed by atoms with Crippen LogP contribution >= 0.6 is 0 Å². The summed E-state index contributed by atoms with van der Waals surface area (Å²) in [4.78, 5) is 4.91. The van der Waals surface area contributed by atoms with Crippen LogP contribution < -0.4 is 0 Å². The van der Waals surface area contributed by atoms with Crippen molar-refractivity contribution >= 4 is 0 Å². The standard InChI is InChI=1S/C16H23N3/c1-3-15-13-19(12-11-18(15)2)16(9-10-17)14-7-5-4-6-8-14/h4-8,15-16H,3,9,11-13H2,1-2H3. The lowest BCUT2D eigenvalue weighted by atomic mass is 10.00. The first-order valence-electron chi connectivity index (χ1n) is 7.12. The van der Waals surface area contributed by atoms with Crippen LogP contribution in [0, 0.1) is 11.3 Å². The molecule has 3 heteroatoms. The fraction of sp³-hybridized carbons (Fsp3) is 0.562. The van der Waals surface area contributed by atoms with Crippen LogP contribution in [0.15, 0.2) is 30.3 Å². The number of nitrogens with zero attached hydrogens (tertiary/aromatic N) is 3. The molecule has 0 radical (unpaired) electrons. The molecule has 0 bridgehead atoms. The third kappa shape index (κ3) is 3.34. The summed E-state index contributed by atoms with van der Waals surface area (Å²) in [5.41, 5.74) is 1.27. The molecule has 0 N–H and O–H groups in total. The minimum atomic E-state index is 0.244. The van der Waals surface area contributed by atoms with Crippen molar-refractivity contribution in [2.75, 3.05) is 26.7 Å². The van der Waals surface area contributed by atoms with Gasteiger partial charge in [0.2, 0.25) is 0 Å². The fourth-order valence-electron chi connectivity index (χ4n) is 2.91. The largest absolute Gasteiger partial charge is 0.301 e. The van der Waals surface area contributed by atoms with Crippen LogP contribution in [0.2, 0.25) is 0 Å². The summed E-state index contributed by atoms with van der Waals surface area (Å²) in [6, 6.07) is 13.6. The van der Waals surface area contributed by atoms with Gasteiger partial charge in [-0.2, -0.15) is 5.26 Å². The Bertz CT molecular complexity index is 423. The van der Waals surface area contributed by atoms with Gasteiger partial charge in [-0.15, -0.1) is 0 Å². The van der Waals surface area contributed by atoms with Crippen LogP contribution in [-0.2, 0) is 0 Å². The molecule has 1 heterocycles. The zero-order chi connectivity index (χ0) is 13.7. The van der Waals surface area contributed by atoms with Crippen LogP contribution in [0.1, 0.15) is 31.4 Å². The molecular weight excluding hydrogens is 234 g/mol. The van der Waals surface area contributed by atoms with Crippen LogP contribution in [0.25, 0.3) is 0 Å². The van der Waals surface area contributed by atoms with Crippen molar-refractivity contribution < 1.29 is 0 Å². The summed E-state index contributed by atoms with van der Waals surface area (Å²) in [5, 5.41) is 9.12. The number of hydrogen-bond donors (Lipinski definition) is 0. The van der Waals surface area contributed by atoms with Crippen LogP contribution in [0.5, 0.6) is 0 Å². The summed E-state index contributed by atoms with van der Waals surface area (Å²) < 4.78 is 0. The highest BCUT2D eigenvalue weighted by Crippen LogP contribution is 2.26. The summed E-state index contributed by atoms with van der Waals surface area (Å²) >= 11 is 0. The first kappa shape index (κ1) is 14.0. The average molecular weight is 257 g/mol.